The van der Waals surface area contributed by atoms with Crippen LogP contribution in [-0.4, -0.2) is 24.0 Å². The SMILES string of the molecule is COc1ccc(C(Cl)P(=O)(O)O)cc1OC. The fourth-order valence-electron chi connectivity index (χ4n) is 1.20. The summed E-state index contributed by atoms with van der Waals surface area (Å²) in [4.78, 5) is 17.9. The minimum absolute atomic E-state index is 0.285. The molecule has 1 rings (SSSR count). The van der Waals surface area contributed by atoms with Gasteiger partial charge < -0.3 is 19.3 Å². The van der Waals surface area contributed by atoms with Gasteiger partial charge in [-0.05, 0) is 17.7 Å². The summed E-state index contributed by atoms with van der Waals surface area (Å²) < 4.78 is 21.0. The second kappa shape index (κ2) is 5.06. The summed E-state index contributed by atoms with van der Waals surface area (Å²) in [6.07, 6.45) is 0. The predicted octanol–water partition coefficient (Wildman–Crippen LogP) is 2.12. The van der Waals surface area contributed by atoms with Crippen molar-refractivity contribution in [3.8, 4) is 11.5 Å². The van der Waals surface area contributed by atoms with Gasteiger partial charge in [0.25, 0.3) is 0 Å². The van der Waals surface area contributed by atoms with Gasteiger partial charge in [0.15, 0.2) is 16.6 Å². The molecule has 1 unspecified atom stereocenters. The largest absolute Gasteiger partial charge is 0.493 e. The van der Waals surface area contributed by atoms with Crippen molar-refractivity contribution in [2.75, 3.05) is 14.2 Å². The van der Waals surface area contributed by atoms with Crippen LogP contribution in [0.3, 0.4) is 0 Å². The molecule has 0 aliphatic carbocycles. The van der Waals surface area contributed by atoms with E-state index < -0.39 is 12.7 Å². The van der Waals surface area contributed by atoms with E-state index in [0.717, 1.165) is 0 Å². The molecule has 0 amide bonds. The van der Waals surface area contributed by atoms with Crippen molar-refractivity contribution >= 4 is 19.2 Å². The van der Waals surface area contributed by atoms with Crippen LogP contribution in [0.1, 0.15) is 10.7 Å². The first-order valence-electron chi connectivity index (χ1n) is 4.31. The van der Waals surface area contributed by atoms with Crippen LogP contribution in [0.2, 0.25) is 0 Å². The van der Waals surface area contributed by atoms with Crippen LogP contribution in [0.25, 0.3) is 0 Å². The first-order chi connectivity index (χ1) is 7.40. The maximum absolute atomic E-state index is 11.0. The maximum atomic E-state index is 11.0. The summed E-state index contributed by atoms with van der Waals surface area (Å²) in [5, 5.41) is -1.38. The molecule has 16 heavy (non-hydrogen) atoms. The Balaban J connectivity index is 3.13. The van der Waals surface area contributed by atoms with Gasteiger partial charge in [-0.3, -0.25) is 4.57 Å². The highest BCUT2D eigenvalue weighted by atomic mass is 35.5. The van der Waals surface area contributed by atoms with Crippen molar-refractivity contribution in [1.82, 2.24) is 0 Å². The van der Waals surface area contributed by atoms with Gasteiger partial charge in [0.05, 0.1) is 14.2 Å². The normalized spacial score (nSPS) is 13.3. The molecule has 0 spiro atoms. The molecule has 0 radical (unpaired) electrons. The van der Waals surface area contributed by atoms with E-state index in [9.17, 15) is 4.57 Å². The number of benzene rings is 1. The zero-order valence-electron chi connectivity index (χ0n) is 8.75. The molecule has 1 atom stereocenters. The lowest BCUT2D eigenvalue weighted by Crippen LogP contribution is -1.95. The molecule has 0 aliphatic rings. The Bertz CT molecular complexity index is 416. The number of alkyl halides is 1. The van der Waals surface area contributed by atoms with E-state index in [1.807, 2.05) is 0 Å². The van der Waals surface area contributed by atoms with E-state index in [1.54, 1.807) is 6.07 Å². The first kappa shape index (κ1) is 13.3. The lowest BCUT2D eigenvalue weighted by Gasteiger charge is -2.14. The van der Waals surface area contributed by atoms with Crippen molar-refractivity contribution in [3.05, 3.63) is 23.8 Å². The van der Waals surface area contributed by atoms with Gasteiger partial charge in [-0.1, -0.05) is 6.07 Å². The molecule has 1 aromatic rings. The molecule has 0 fully saturated rings. The summed E-state index contributed by atoms with van der Waals surface area (Å²) >= 11 is 5.65. The van der Waals surface area contributed by atoms with Crippen molar-refractivity contribution in [2.24, 2.45) is 0 Å². The highest BCUT2D eigenvalue weighted by Crippen LogP contribution is 2.55. The summed E-state index contributed by atoms with van der Waals surface area (Å²) in [7, 11) is -1.46. The van der Waals surface area contributed by atoms with Gasteiger partial charge >= 0.3 is 7.60 Å². The second-order valence-electron chi connectivity index (χ2n) is 3.04. The van der Waals surface area contributed by atoms with Gasteiger partial charge in [0, 0.05) is 0 Å². The van der Waals surface area contributed by atoms with E-state index in [0.29, 0.717) is 11.5 Å². The number of rotatable bonds is 4. The fraction of sp³-hybridized carbons (Fsp3) is 0.333. The van der Waals surface area contributed by atoms with Crippen LogP contribution in [-0.2, 0) is 4.57 Å². The fourth-order valence-corrected chi connectivity index (χ4v) is 1.88. The number of hydrogen-bond acceptors (Lipinski definition) is 3. The third kappa shape index (κ3) is 2.89. The highest BCUT2D eigenvalue weighted by molar-refractivity contribution is 7.54. The Morgan fingerprint density at radius 2 is 1.81 bits per heavy atom. The summed E-state index contributed by atoms with van der Waals surface area (Å²) in [5.74, 6) is 0.847. The van der Waals surface area contributed by atoms with Crippen LogP contribution in [0.4, 0.5) is 0 Å². The molecule has 1 aromatic carbocycles. The monoisotopic (exact) mass is 266 g/mol. The zero-order valence-corrected chi connectivity index (χ0v) is 10.4. The van der Waals surface area contributed by atoms with Gasteiger partial charge in [-0.15, -0.1) is 11.6 Å². The maximum Gasteiger partial charge on any atom is 0.347 e. The standard InChI is InChI=1S/C9H12ClO5P/c1-14-7-4-3-6(5-8(7)15-2)9(10)16(11,12)13/h3-5,9H,1-2H3,(H2,11,12,13). The van der Waals surface area contributed by atoms with Gasteiger partial charge in [-0.25, -0.2) is 0 Å². The Labute approximate surface area is 98.1 Å². The predicted molar refractivity (Wildman–Crippen MR) is 60.2 cm³/mol. The first-order valence-corrected chi connectivity index (χ1v) is 6.43. The van der Waals surface area contributed by atoms with Crippen LogP contribution in [0.15, 0.2) is 18.2 Å². The molecule has 0 bridgehead atoms. The number of hydrogen-bond donors (Lipinski definition) is 2. The molecule has 0 aromatic heterocycles. The quantitative estimate of drug-likeness (QED) is 0.645. The van der Waals surface area contributed by atoms with Crippen LogP contribution >= 0.6 is 19.2 Å². The molecule has 7 heteroatoms. The lowest BCUT2D eigenvalue weighted by molar-refractivity contribution is 0.353. The number of ether oxygens (including phenoxy) is 2. The topological polar surface area (TPSA) is 76.0 Å². The molecule has 0 heterocycles. The molecular weight excluding hydrogens is 255 g/mol. The Morgan fingerprint density at radius 3 is 2.25 bits per heavy atom. The molecule has 0 aliphatic heterocycles. The van der Waals surface area contributed by atoms with Crippen LogP contribution < -0.4 is 9.47 Å². The van der Waals surface area contributed by atoms with Gasteiger partial charge in [0.1, 0.15) is 0 Å². The summed E-state index contributed by atoms with van der Waals surface area (Å²) in [6, 6.07) is 4.47. The Morgan fingerprint density at radius 1 is 1.25 bits per heavy atom. The van der Waals surface area contributed by atoms with E-state index in [1.165, 1.54) is 26.4 Å². The molecule has 2 N–H and O–H groups in total. The van der Waals surface area contributed by atoms with E-state index in [2.05, 4.69) is 0 Å². The Kier molecular flexibility index (Phi) is 4.21. The van der Waals surface area contributed by atoms with E-state index in [-0.39, 0.29) is 5.56 Å². The second-order valence-corrected chi connectivity index (χ2v) is 5.47. The smallest absolute Gasteiger partial charge is 0.347 e. The van der Waals surface area contributed by atoms with Gasteiger partial charge in [0.2, 0.25) is 0 Å². The molecule has 0 saturated heterocycles. The number of halogens is 1. The molecule has 0 saturated carbocycles. The average Bonchev–Trinajstić information content (AvgIpc) is 2.25. The minimum Gasteiger partial charge on any atom is -0.493 e. The summed E-state index contributed by atoms with van der Waals surface area (Å²) in [6.45, 7) is 0. The summed E-state index contributed by atoms with van der Waals surface area (Å²) in [5.41, 5.74) is 0.285. The van der Waals surface area contributed by atoms with Crippen molar-refractivity contribution in [2.45, 2.75) is 5.12 Å². The minimum atomic E-state index is -4.36. The Hall–Kier alpha value is -0.740. The van der Waals surface area contributed by atoms with Crippen LogP contribution in [0, 0.1) is 0 Å². The average molecular weight is 267 g/mol. The zero-order chi connectivity index (χ0) is 12.3. The molecule has 90 valence electrons. The molecule has 5 nitrogen and oxygen atoms in total. The lowest BCUT2D eigenvalue weighted by atomic mass is 10.2. The number of methoxy groups -OCH3 is 2. The van der Waals surface area contributed by atoms with Crippen molar-refractivity contribution < 1.29 is 23.8 Å². The van der Waals surface area contributed by atoms with Gasteiger partial charge in [-0.2, -0.15) is 0 Å². The third-order valence-corrected chi connectivity index (χ3v) is 3.88. The van der Waals surface area contributed by atoms with Crippen molar-refractivity contribution in [3.63, 3.8) is 0 Å². The third-order valence-electron chi connectivity index (χ3n) is 1.98. The van der Waals surface area contributed by atoms with Crippen molar-refractivity contribution in [1.29, 1.82) is 0 Å². The van der Waals surface area contributed by atoms with E-state index >= 15 is 0 Å². The molecular formula is C9H12ClO5P. The van der Waals surface area contributed by atoms with E-state index in [4.69, 9.17) is 30.9 Å². The highest BCUT2D eigenvalue weighted by Gasteiger charge is 2.28. The van der Waals surface area contributed by atoms with Crippen LogP contribution in [0.5, 0.6) is 11.5 Å².